The van der Waals surface area contributed by atoms with Crippen LogP contribution in [0.2, 0.25) is 0 Å². The fourth-order valence-electron chi connectivity index (χ4n) is 2.58. The van der Waals surface area contributed by atoms with Crippen molar-refractivity contribution in [3.05, 3.63) is 66.1 Å². The number of carboxylic acids is 1. The van der Waals surface area contributed by atoms with E-state index in [0.29, 0.717) is 17.0 Å². The molecule has 2 N–H and O–H groups in total. The Morgan fingerprint density at radius 1 is 1.24 bits per heavy atom. The molecule has 29 heavy (non-hydrogen) atoms. The molecule has 1 amide bonds. The molecule has 0 saturated heterocycles. The van der Waals surface area contributed by atoms with Crippen LogP contribution in [0.1, 0.15) is 17.3 Å². The molecule has 2 aromatic carbocycles. The lowest BCUT2D eigenvalue weighted by atomic mass is 10.1. The highest BCUT2D eigenvalue weighted by molar-refractivity contribution is 5.88. The molecule has 1 atom stereocenters. The van der Waals surface area contributed by atoms with Gasteiger partial charge in [-0.05, 0) is 31.2 Å². The fraction of sp³-hybridized carbons (Fsp3) is 0.200. The molecule has 8 nitrogen and oxygen atoms in total. The van der Waals surface area contributed by atoms with Crippen LogP contribution in [0, 0.1) is 5.82 Å². The van der Waals surface area contributed by atoms with Crippen LogP contribution in [0.3, 0.4) is 0 Å². The fourth-order valence-corrected chi connectivity index (χ4v) is 2.58. The van der Waals surface area contributed by atoms with E-state index < -0.39 is 11.8 Å². The van der Waals surface area contributed by atoms with Crippen molar-refractivity contribution in [2.45, 2.75) is 19.5 Å². The summed E-state index contributed by atoms with van der Waals surface area (Å²) in [4.78, 5) is 23.1. The molecule has 150 valence electrons. The van der Waals surface area contributed by atoms with Crippen LogP contribution in [0.4, 0.5) is 4.39 Å². The van der Waals surface area contributed by atoms with E-state index in [1.807, 2.05) is 0 Å². The lowest BCUT2D eigenvalue weighted by Crippen LogP contribution is -2.38. The molecule has 0 aliphatic carbocycles. The first-order valence-corrected chi connectivity index (χ1v) is 8.82. The molecule has 3 rings (SSSR count). The Morgan fingerprint density at radius 2 is 2.00 bits per heavy atom. The summed E-state index contributed by atoms with van der Waals surface area (Å²) in [6.45, 7) is 1.92. The van der Waals surface area contributed by atoms with Gasteiger partial charge in [0.15, 0.2) is 0 Å². The molecule has 0 radical (unpaired) electrons. The zero-order valence-electron chi connectivity index (χ0n) is 15.6. The summed E-state index contributed by atoms with van der Waals surface area (Å²) in [7, 11) is 0. The molecular weight excluding hydrogens is 379 g/mol. The monoisotopic (exact) mass is 398 g/mol. The average molecular weight is 398 g/mol. The van der Waals surface area contributed by atoms with E-state index >= 15 is 0 Å². The Bertz CT molecular complexity index is 1000. The Hall–Kier alpha value is -3.75. The van der Waals surface area contributed by atoms with E-state index in [9.17, 15) is 14.0 Å². The summed E-state index contributed by atoms with van der Waals surface area (Å²) in [6, 6.07) is 11.7. The number of aromatic nitrogens is 3. The number of hydrogen-bond donors (Lipinski definition) is 2. The maximum atomic E-state index is 13.1. The van der Waals surface area contributed by atoms with Gasteiger partial charge in [-0.1, -0.05) is 23.4 Å². The molecule has 1 unspecified atom stereocenters. The first kappa shape index (κ1) is 20.0. The average Bonchev–Trinajstić information content (AvgIpc) is 3.15. The number of rotatable bonds is 8. The van der Waals surface area contributed by atoms with Crippen LogP contribution in [-0.4, -0.2) is 44.6 Å². The van der Waals surface area contributed by atoms with Crippen molar-refractivity contribution in [2.75, 3.05) is 6.61 Å². The number of nitrogens with zero attached hydrogens (tertiary/aromatic N) is 3. The van der Waals surface area contributed by atoms with Gasteiger partial charge in [0.2, 0.25) is 5.91 Å². The smallest absolute Gasteiger partial charge is 0.335 e. The number of halogens is 1. The second-order valence-corrected chi connectivity index (χ2v) is 6.42. The number of amides is 1. The Balaban J connectivity index is 1.51. The standard InChI is InChI=1S/C20H19FN4O4/c1-13(12-29-17-4-2-3-16(21)9-17)22-19(26)11-25-10-18(23-24-25)14-5-7-15(8-6-14)20(27)28/h2-10,13H,11-12H2,1H3,(H,22,26)(H,27,28). The number of aromatic carboxylic acids is 1. The minimum absolute atomic E-state index is 0.0372. The number of carbonyl (C=O) groups excluding carboxylic acids is 1. The van der Waals surface area contributed by atoms with Gasteiger partial charge in [-0.2, -0.15) is 0 Å². The van der Waals surface area contributed by atoms with Crippen molar-refractivity contribution < 1.29 is 23.8 Å². The molecule has 0 fully saturated rings. The van der Waals surface area contributed by atoms with Gasteiger partial charge < -0.3 is 15.2 Å². The van der Waals surface area contributed by atoms with E-state index in [-0.39, 0.29) is 30.7 Å². The summed E-state index contributed by atoms with van der Waals surface area (Å²) >= 11 is 0. The van der Waals surface area contributed by atoms with Crippen LogP contribution in [0.5, 0.6) is 5.75 Å². The predicted molar refractivity (Wildman–Crippen MR) is 102 cm³/mol. The summed E-state index contributed by atoms with van der Waals surface area (Å²) < 4.78 is 20.0. The molecule has 0 saturated carbocycles. The van der Waals surface area contributed by atoms with Crippen LogP contribution in [0.15, 0.2) is 54.7 Å². The summed E-state index contributed by atoms with van der Waals surface area (Å²) in [5.74, 6) is -1.29. The Morgan fingerprint density at radius 3 is 2.69 bits per heavy atom. The van der Waals surface area contributed by atoms with Crippen LogP contribution in [-0.2, 0) is 11.3 Å². The lowest BCUT2D eigenvalue weighted by Gasteiger charge is -2.15. The summed E-state index contributed by atoms with van der Waals surface area (Å²) in [5, 5.41) is 19.6. The van der Waals surface area contributed by atoms with Crippen molar-refractivity contribution in [1.82, 2.24) is 20.3 Å². The number of benzene rings is 2. The van der Waals surface area contributed by atoms with Gasteiger partial charge in [-0.15, -0.1) is 5.10 Å². The third kappa shape index (κ3) is 5.61. The third-order valence-electron chi connectivity index (χ3n) is 3.98. The van der Waals surface area contributed by atoms with E-state index in [4.69, 9.17) is 9.84 Å². The van der Waals surface area contributed by atoms with Crippen LogP contribution in [0.25, 0.3) is 11.3 Å². The van der Waals surface area contributed by atoms with Crippen molar-refractivity contribution in [2.24, 2.45) is 0 Å². The molecule has 0 aliphatic heterocycles. The highest BCUT2D eigenvalue weighted by Crippen LogP contribution is 2.17. The highest BCUT2D eigenvalue weighted by Gasteiger charge is 2.12. The zero-order valence-corrected chi connectivity index (χ0v) is 15.6. The molecule has 0 spiro atoms. The number of nitrogens with one attached hydrogen (secondary N) is 1. The second-order valence-electron chi connectivity index (χ2n) is 6.42. The van der Waals surface area contributed by atoms with Crippen LogP contribution >= 0.6 is 0 Å². The Kier molecular flexibility index (Phi) is 6.18. The first-order chi connectivity index (χ1) is 13.9. The molecule has 0 aliphatic rings. The second kappa shape index (κ2) is 8.96. The number of carboxylic acid groups (broad SMARTS) is 1. The van der Waals surface area contributed by atoms with Gasteiger partial charge in [0.25, 0.3) is 0 Å². The maximum Gasteiger partial charge on any atom is 0.335 e. The van der Waals surface area contributed by atoms with E-state index in [1.165, 1.54) is 28.9 Å². The van der Waals surface area contributed by atoms with E-state index in [1.54, 1.807) is 37.4 Å². The number of hydrogen-bond acceptors (Lipinski definition) is 5. The highest BCUT2D eigenvalue weighted by atomic mass is 19.1. The third-order valence-corrected chi connectivity index (χ3v) is 3.98. The van der Waals surface area contributed by atoms with Gasteiger partial charge in [0.05, 0.1) is 17.8 Å². The number of carbonyl (C=O) groups is 2. The topological polar surface area (TPSA) is 106 Å². The molecule has 1 heterocycles. The molecular formula is C20H19FN4O4. The molecule has 0 bridgehead atoms. The first-order valence-electron chi connectivity index (χ1n) is 8.82. The van der Waals surface area contributed by atoms with Gasteiger partial charge in [0.1, 0.15) is 30.4 Å². The van der Waals surface area contributed by atoms with Gasteiger partial charge in [0, 0.05) is 11.6 Å². The van der Waals surface area contributed by atoms with Crippen molar-refractivity contribution in [3.8, 4) is 17.0 Å². The maximum absolute atomic E-state index is 13.1. The van der Waals surface area contributed by atoms with Gasteiger partial charge in [-0.3, -0.25) is 4.79 Å². The summed E-state index contributed by atoms with van der Waals surface area (Å²) in [6.07, 6.45) is 1.60. The van der Waals surface area contributed by atoms with E-state index in [0.717, 1.165) is 0 Å². The largest absolute Gasteiger partial charge is 0.491 e. The molecule has 9 heteroatoms. The van der Waals surface area contributed by atoms with Gasteiger partial charge in [-0.25, -0.2) is 13.9 Å². The Labute approximate surface area is 165 Å². The molecule has 3 aromatic rings. The normalized spacial score (nSPS) is 11.7. The van der Waals surface area contributed by atoms with Gasteiger partial charge >= 0.3 is 5.97 Å². The van der Waals surface area contributed by atoms with Crippen molar-refractivity contribution in [3.63, 3.8) is 0 Å². The number of ether oxygens (including phenoxy) is 1. The summed E-state index contributed by atoms with van der Waals surface area (Å²) in [5.41, 5.74) is 1.39. The molecule has 1 aromatic heterocycles. The van der Waals surface area contributed by atoms with Crippen LogP contribution < -0.4 is 10.1 Å². The predicted octanol–water partition coefficient (Wildman–Crippen LogP) is 2.37. The quantitative estimate of drug-likeness (QED) is 0.603. The SMILES string of the molecule is CC(COc1cccc(F)c1)NC(=O)Cn1cc(-c2ccc(C(=O)O)cc2)nn1. The lowest BCUT2D eigenvalue weighted by molar-refractivity contribution is -0.122. The zero-order chi connectivity index (χ0) is 20.8. The minimum atomic E-state index is -1.01. The minimum Gasteiger partial charge on any atom is -0.491 e. The van der Waals surface area contributed by atoms with E-state index in [2.05, 4.69) is 15.6 Å². The van der Waals surface area contributed by atoms with Crippen molar-refractivity contribution >= 4 is 11.9 Å². The van der Waals surface area contributed by atoms with Crippen molar-refractivity contribution in [1.29, 1.82) is 0 Å².